The first-order valence-corrected chi connectivity index (χ1v) is 13.4. The summed E-state index contributed by atoms with van der Waals surface area (Å²) in [7, 11) is 0. The summed E-state index contributed by atoms with van der Waals surface area (Å²) in [5, 5.41) is 16.3. The molecule has 210 valence electrons. The maximum atomic E-state index is 15.6. The number of benzene rings is 3. The fraction of sp³-hybridized carbons (Fsp3) is 0.194. The Hall–Kier alpha value is -4.34. The van der Waals surface area contributed by atoms with Gasteiger partial charge in [0.1, 0.15) is 0 Å². The first-order chi connectivity index (χ1) is 19.7. The van der Waals surface area contributed by atoms with Gasteiger partial charge in [-0.2, -0.15) is 5.10 Å². The minimum Gasteiger partial charge on any atom is -0.396 e. The van der Waals surface area contributed by atoms with Crippen molar-refractivity contribution in [1.82, 2.24) is 9.78 Å². The van der Waals surface area contributed by atoms with Gasteiger partial charge in [0, 0.05) is 48.7 Å². The predicted octanol–water partition coefficient (Wildman–Crippen LogP) is 6.08. The molecule has 41 heavy (non-hydrogen) atoms. The summed E-state index contributed by atoms with van der Waals surface area (Å²) in [6.07, 6.45) is 2.36. The van der Waals surface area contributed by atoms with Crippen molar-refractivity contribution < 1.29 is 23.5 Å². The molecule has 4 aromatic rings. The van der Waals surface area contributed by atoms with Crippen LogP contribution in [0.5, 0.6) is 0 Å². The Morgan fingerprint density at radius 1 is 1.10 bits per heavy atom. The maximum Gasteiger partial charge on any atom is 0.275 e. The van der Waals surface area contributed by atoms with Crippen molar-refractivity contribution in [3.05, 3.63) is 112 Å². The number of alkyl halides is 2. The Balaban J connectivity index is 1.47. The lowest BCUT2D eigenvalue weighted by atomic mass is 9.97. The molecule has 2 N–H and O–H groups in total. The van der Waals surface area contributed by atoms with E-state index in [1.807, 2.05) is 13.0 Å². The van der Waals surface area contributed by atoms with Crippen LogP contribution in [-0.2, 0) is 11.2 Å². The molecule has 0 atom stereocenters. The van der Waals surface area contributed by atoms with Gasteiger partial charge in [0.2, 0.25) is 5.91 Å². The SMILES string of the molecule is Cc1ccn(-c2ccc(C(=O)N3CCC(F)(F)C(=CC(=O)Nc4cccc(CCO)c4)c4ccccc43)c(Cl)c2)n1. The Morgan fingerprint density at radius 2 is 1.90 bits per heavy atom. The highest BCUT2D eigenvalue weighted by atomic mass is 35.5. The lowest BCUT2D eigenvalue weighted by molar-refractivity contribution is -0.112. The van der Waals surface area contributed by atoms with Crippen LogP contribution in [0.15, 0.2) is 85.1 Å². The molecule has 1 aromatic heterocycles. The number of aryl methyl sites for hydroxylation is 1. The highest BCUT2D eigenvalue weighted by Crippen LogP contribution is 2.43. The van der Waals surface area contributed by atoms with Gasteiger partial charge in [-0.1, -0.05) is 41.9 Å². The van der Waals surface area contributed by atoms with Crippen molar-refractivity contribution in [3.8, 4) is 5.69 Å². The second-order valence-electron chi connectivity index (χ2n) is 9.72. The Labute approximate surface area is 240 Å². The van der Waals surface area contributed by atoms with E-state index in [4.69, 9.17) is 11.6 Å². The summed E-state index contributed by atoms with van der Waals surface area (Å²) in [5.41, 5.74) is 2.69. The topological polar surface area (TPSA) is 87.5 Å². The molecule has 0 saturated heterocycles. The molecule has 7 nitrogen and oxygen atoms in total. The zero-order chi connectivity index (χ0) is 29.1. The smallest absolute Gasteiger partial charge is 0.275 e. The summed E-state index contributed by atoms with van der Waals surface area (Å²) >= 11 is 6.51. The summed E-state index contributed by atoms with van der Waals surface area (Å²) < 4.78 is 32.8. The second-order valence-corrected chi connectivity index (χ2v) is 10.1. The average Bonchev–Trinajstić information content (AvgIpc) is 3.34. The molecule has 1 aliphatic heterocycles. The molecule has 2 heterocycles. The van der Waals surface area contributed by atoms with Gasteiger partial charge in [0.05, 0.1) is 27.7 Å². The van der Waals surface area contributed by atoms with Crippen LogP contribution >= 0.6 is 11.6 Å². The summed E-state index contributed by atoms with van der Waals surface area (Å²) in [4.78, 5) is 27.9. The van der Waals surface area contributed by atoms with Crippen molar-refractivity contribution in [3.63, 3.8) is 0 Å². The number of nitrogens with zero attached hydrogens (tertiary/aromatic N) is 3. The zero-order valence-corrected chi connectivity index (χ0v) is 22.9. The molecule has 10 heteroatoms. The standard InChI is InChI=1S/C31H27ClF2N4O3/c1-20-11-14-38(36-20)23-9-10-25(27(32)18-23)30(41)37-15-13-31(33,34)26(24-7-2-3-8-28(24)37)19-29(40)35-22-6-4-5-21(17-22)12-16-39/h2-11,14,17-19,39H,12-13,15-16H2,1H3,(H,35,40). The number of hydrogen-bond donors (Lipinski definition) is 2. The lowest BCUT2D eigenvalue weighted by Crippen LogP contribution is -2.33. The van der Waals surface area contributed by atoms with Gasteiger partial charge >= 0.3 is 0 Å². The molecule has 0 radical (unpaired) electrons. The number of para-hydroxylation sites is 1. The molecular weight excluding hydrogens is 550 g/mol. The number of nitrogens with one attached hydrogen (secondary N) is 1. The average molecular weight is 577 g/mol. The molecule has 2 amide bonds. The fourth-order valence-corrected chi connectivity index (χ4v) is 5.06. The highest BCUT2D eigenvalue weighted by Gasteiger charge is 2.41. The largest absolute Gasteiger partial charge is 0.396 e. The summed E-state index contributed by atoms with van der Waals surface area (Å²) in [6, 6.07) is 19.8. The molecular formula is C31H27ClF2N4O3. The van der Waals surface area contributed by atoms with Gasteiger partial charge in [-0.3, -0.25) is 9.59 Å². The molecule has 0 spiro atoms. The minimum atomic E-state index is -3.40. The number of amides is 2. The maximum absolute atomic E-state index is 15.6. The van der Waals surface area contributed by atoms with Crippen LogP contribution in [0.1, 0.15) is 33.6 Å². The molecule has 0 fully saturated rings. The van der Waals surface area contributed by atoms with Crippen LogP contribution in [-0.4, -0.2) is 45.8 Å². The van der Waals surface area contributed by atoms with Gasteiger partial charge in [0.25, 0.3) is 11.8 Å². The summed E-state index contributed by atoms with van der Waals surface area (Å²) in [6.45, 7) is 1.51. The van der Waals surface area contributed by atoms with E-state index in [9.17, 15) is 14.7 Å². The van der Waals surface area contributed by atoms with E-state index in [0.717, 1.165) is 17.3 Å². The van der Waals surface area contributed by atoms with Gasteiger partial charge in [-0.15, -0.1) is 0 Å². The van der Waals surface area contributed by atoms with Crippen LogP contribution in [0, 0.1) is 6.92 Å². The third-order valence-corrected chi connectivity index (χ3v) is 7.13. The van der Waals surface area contributed by atoms with E-state index >= 15 is 8.78 Å². The minimum absolute atomic E-state index is 0.0565. The third kappa shape index (κ3) is 6.06. The first kappa shape index (κ1) is 28.2. The quantitative estimate of drug-likeness (QED) is 0.273. The van der Waals surface area contributed by atoms with Gasteiger partial charge in [-0.25, -0.2) is 13.5 Å². The number of allylic oxidation sites excluding steroid dienone is 1. The number of anilines is 2. The van der Waals surface area contributed by atoms with Gasteiger partial charge < -0.3 is 15.3 Å². The van der Waals surface area contributed by atoms with E-state index in [1.54, 1.807) is 71.5 Å². The molecule has 0 unspecified atom stereocenters. The molecule has 5 rings (SSSR count). The highest BCUT2D eigenvalue weighted by molar-refractivity contribution is 6.34. The molecule has 0 aliphatic carbocycles. The van der Waals surface area contributed by atoms with Crippen molar-refractivity contribution >= 4 is 40.4 Å². The Morgan fingerprint density at radius 3 is 2.63 bits per heavy atom. The van der Waals surface area contributed by atoms with Gasteiger partial charge in [0.15, 0.2) is 0 Å². The van der Waals surface area contributed by atoms with Gasteiger partial charge in [-0.05, 0) is 61.4 Å². The first-order valence-electron chi connectivity index (χ1n) is 13.0. The van der Waals surface area contributed by atoms with E-state index in [2.05, 4.69) is 10.4 Å². The van der Waals surface area contributed by atoms with Crippen LogP contribution in [0.25, 0.3) is 11.3 Å². The molecule has 0 saturated carbocycles. The van der Waals surface area contributed by atoms with E-state index in [-0.39, 0.29) is 35.0 Å². The second kappa shape index (κ2) is 11.6. The van der Waals surface area contributed by atoms with E-state index in [1.165, 1.54) is 11.0 Å². The number of hydrogen-bond acceptors (Lipinski definition) is 4. The number of halogens is 3. The Bertz CT molecular complexity index is 1650. The number of aliphatic hydroxyl groups excluding tert-OH is 1. The van der Waals surface area contributed by atoms with Crippen LogP contribution in [0.4, 0.5) is 20.2 Å². The predicted molar refractivity (Wildman–Crippen MR) is 155 cm³/mol. The van der Waals surface area contributed by atoms with Crippen molar-refractivity contribution in [2.75, 3.05) is 23.4 Å². The molecule has 3 aromatic carbocycles. The lowest BCUT2D eigenvalue weighted by Gasteiger charge is -2.23. The third-order valence-electron chi connectivity index (χ3n) is 6.81. The molecule has 1 aliphatic rings. The number of fused-ring (bicyclic) bond motifs is 1. The van der Waals surface area contributed by atoms with Crippen molar-refractivity contribution in [2.45, 2.75) is 25.7 Å². The van der Waals surface area contributed by atoms with Crippen molar-refractivity contribution in [1.29, 1.82) is 0 Å². The van der Waals surface area contributed by atoms with E-state index < -0.39 is 29.7 Å². The number of aliphatic hydroxyl groups is 1. The fourth-order valence-electron chi connectivity index (χ4n) is 4.80. The Kier molecular flexibility index (Phi) is 8.01. The monoisotopic (exact) mass is 576 g/mol. The van der Waals surface area contributed by atoms with Crippen LogP contribution < -0.4 is 10.2 Å². The zero-order valence-electron chi connectivity index (χ0n) is 22.2. The van der Waals surface area contributed by atoms with Crippen molar-refractivity contribution in [2.24, 2.45) is 0 Å². The number of carbonyl (C=O) groups excluding carboxylic acids is 2. The molecule has 0 bridgehead atoms. The van der Waals surface area contributed by atoms with E-state index in [0.29, 0.717) is 17.8 Å². The van der Waals surface area contributed by atoms with Crippen LogP contribution in [0.3, 0.4) is 0 Å². The number of carbonyl (C=O) groups is 2. The van der Waals surface area contributed by atoms with Crippen LogP contribution in [0.2, 0.25) is 5.02 Å². The number of rotatable bonds is 6. The summed E-state index contributed by atoms with van der Waals surface area (Å²) in [5.74, 6) is -4.66. The normalized spacial score (nSPS) is 15.3. The number of aromatic nitrogens is 2.